The van der Waals surface area contributed by atoms with Gasteiger partial charge in [-0.05, 0) is 36.6 Å². The third-order valence-corrected chi connectivity index (χ3v) is 4.35. The lowest BCUT2D eigenvalue weighted by Gasteiger charge is -2.31. The number of benzene rings is 1. The molecule has 2 unspecified atom stereocenters. The number of rotatable bonds is 3. The first kappa shape index (κ1) is 11.9. The lowest BCUT2D eigenvalue weighted by atomic mass is 9.95. The average Bonchev–Trinajstić information content (AvgIpc) is 2.28. The first-order valence-corrected chi connectivity index (χ1v) is 6.86. The van der Waals surface area contributed by atoms with Crippen molar-refractivity contribution in [2.75, 3.05) is 12.3 Å². The van der Waals surface area contributed by atoms with Crippen LogP contribution in [0, 0.1) is 11.7 Å². The standard InChI is InChI=1S/C13H18FNS/c1-3-6-15-13-9(2)8-16-12-7-10(14)4-5-11(12)13/h4-5,7,9,13,15H,3,6,8H2,1-2H3. The van der Waals surface area contributed by atoms with Gasteiger partial charge in [0, 0.05) is 16.7 Å². The van der Waals surface area contributed by atoms with Crippen LogP contribution in [0.25, 0.3) is 0 Å². The van der Waals surface area contributed by atoms with Gasteiger partial charge in [-0.15, -0.1) is 11.8 Å². The highest BCUT2D eigenvalue weighted by Crippen LogP contribution is 2.39. The maximum Gasteiger partial charge on any atom is 0.124 e. The van der Waals surface area contributed by atoms with Crippen molar-refractivity contribution in [3.63, 3.8) is 0 Å². The van der Waals surface area contributed by atoms with Crippen molar-refractivity contribution < 1.29 is 4.39 Å². The van der Waals surface area contributed by atoms with Gasteiger partial charge in [-0.2, -0.15) is 0 Å². The molecule has 0 amide bonds. The molecule has 3 heteroatoms. The maximum atomic E-state index is 13.1. The minimum Gasteiger partial charge on any atom is -0.310 e. The van der Waals surface area contributed by atoms with Crippen LogP contribution in [0.15, 0.2) is 23.1 Å². The van der Waals surface area contributed by atoms with E-state index in [1.54, 1.807) is 23.9 Å². The Hall–Kier alpha value is -0.540. The first-order chi connectivity index (χ1) is 7.72. The largest absolute Gasteiger partial charge is 0.310 e. The summed E-state index contributed by atoms with van der Waals surface area (Å²) in [4.78, 5) is 1.10. The molecular formula is C13H18FNS. The zero-order valence-electron chi connectivity index (χ0n) is 9.79. The Kier molecular flexibility index (Phi) is 3.87. The molecule has 0 aromatic heterocycles. The Bertz CT molecular complexity index is 367. The van der Waals surface area contributed by atoms with Gasteiger partial charge in [0.2, 0.25) is 0 Å². The van der Waals surface area contributed by atoms with Gasteiger partial charge >= 0.3 is 0 Å². The van der Waals surface area contributed by atoms with Crippen LogP contribution in [0.3, 0.4) is 0 Å². The van der Waals surface area contributed by atoms with E-state index in [2.05, 4.69) is 19.2 Å². The van der Waals surface area contributed by atoms with Crippen LogP contribution in [0.5, 0.6) is 0 Å². The van der Waals surface area contributed by atoms with Gasteiger partial charge in [0.25, 0.3) is 0 Å². The molecule has 1 aliphatic heterocycles. The molecule has 1 N–H and O–H groups in total. The summed E-state index contributed by atoms with van der Waals surface area (Å²) in [7, 11) is 0. The topological polar surface area (TPSA) is 12.0 Å². The van der Waals surface area contributed by atoms with Crippen LogP contribution < -0.4 is 5.32 Å². The van der Waals surface area contributed by atoms with Crippen molar-refractivity contribution >= 4 is 11.8 Å². The molecule has 1 heterocycles. The number of hydrogen-bond acceptors (Lipinski definition) is 2. The summed E-state index contributed by atoms with van der Waals surface area (Å²) in [5.74, 6) is 1.54. The lowest BCUT2D eigenvalue weighted by molar-refractivity contribution is 0.406. The third kappa shape index (κ3) is 2.41. The molecule has 0 saturated carbocycles. The molecule has 1 aromatic carbocycles. The average molecular weight is 239 g/mol. The predicted octanol–water partition coefficient (Wildman–Crippen LogP) is 3.61. The number of hydrogen-bond donors (Lipinski definition) is 1. The van der Waals surface area contributed by atoms with E-state index in [1.165, 1.54) is 5.56 Å². The van der Waals surface area contributed by atoms with Gasteiger partial charge in [-0.3, -0.25) is 0 Å². The number of halogens is 1. The second kappa shape index (κ2) is 5.19. The van der Waals surface area contributed by atoms with E-state index in [0.717, 1.165) is 23.6 Å². The molecule has 0 bridgehead atoms. The highest BCUT2D eigenvalue weighted by molar-refractivity contribution is 7.99. The van der Waals surface area contributed by atoms with Gasteiger partial charge < -0.3 is 5.32 Å². The molecule has 2 rings (SSSR count). The zero-order valence-corrected chi connectivity index (χ0v) is 10.6. The molecule has 0 saturated heterocycles. The van der Waals surface area contributed by atoms with Crippen LogP contribution in [0.4, 0.5) is 4.39 Å². The van der Waals surface area contributed by atoms with Gasteiger partial charge in [-0.25, -0.2) is 4.39 Å². The molecule has 0 spiro atoms. The monoisotopic (exact) mass is 239 g/mol. The van der Waals surface area contributed by atoms with Crippen molar-refractivity contribution in [3.8, 4) is 0 Å². The minimum atomic E-state index is -0.130. The summed E-state index contributed by atoms with van der Waals surface area (Å²) in [6.07, 6.45) is 1.13. The normalized spacial score (nSPS) is 24.2. The van der Waals surface area contributed by atoms with E-state index in [0.29, 0.717) is 12.0 Å². The first-order valence-electron chi connectivity index (χ1n) is 5.88. The van der Waals surface area contributed by atoms with E-state index >= 15 is 0 Å². The lowest BCUT2D eigenvalue weighted by Crippen LogP contribution is -2.31. The molecule has 2 atom stereocenters. The van der Waals surface area contributed by atoms with Crippen molar-refractivity contribution in [1.82, 2.24) is 5.32 Å². The molecule has 0 radical (unpaired) electrons. The SMILES string of the molecule is CCCNC1c2ccc(F)cc2SCC1C. The Morgan fingerprint density at radius 3 is 3.06 bits per heavy atom. The molecule has 0 fully saturated rings. The summed E-state index contributed by atoms with van der Waals surface area (Å²) in [5, 5.41) is 3.56. The number of thioether (sulfide) groups is 1. The molecule has 16 heavy (non-hydrogen) atoms. The predicted molar refractivity (Wildman–Crippen MR) is 67.3 cm³/mol. The Morgan fingerprint density at radius 2 is 2.31 bits per heavy atom. The second-order valence-electron chi connectivity index (χ2n) is 4.40. The Balaban J connectivity index is 2.25. The molecule has 1 nitrogen and oxygen atoms in total. The number of fused-ring (bicyclic) bond motifs is 1. The smallest absolute Gasteiger partial charge is 0.124 e. The third-order valence-electron chi connectivity index (χ3n) is 3.00. The van der Waals surface area contributed by atoms with Crippen LogP contribution in [0.1, 0.15) is 31.9 Å². The summed E-state index contributed by atoms with van der Waals surface area (Å²) in [6.45, 7) is 5.45. The van der Waals surface area contributed by atoms with Gasteiger partial charge in [0.05, 0.1) is 0 Å². The van der Waals surface area contributed by atoms with E-state index < -0.39 is 0 Å². The highest BCUT2D eigenvalue weighted by Gasteiger charge is 2.26. The fourth-order valence-electron chi connectivity index (χ4n) is 2.13. The van der Waals surface area contributed by atoms with Gasteiger partial charge in [0.15, 0.2) is 0 Å². The van der Waals surface area contributed by atoms with Gasteiger partial charge in [-0.1, -0.05) is 19.9 Å². The summed E-state index contributed by atoms with van der Waals surface area (Å²) in [6, 6.07) is 5.54. The van der Waals surface area contributed by atoms with E-state index in [1.807, 2.05) is 6.07 Å². The molecule has 1 aliphatic rings. The fourth-order valence-corrected chi connectivity index (χ4v) is 3.32. The van der Waals surface area contributed by atoms with Crippen LogP contribution in [0.2, 0.25) is 0 Å². The molecule has 88 valence electrons. The fraction of sp³-hybridized carbons (Fsp3) is 0.538. The summed E-state index contributed by atoms with van der Waals surface area (Å²) < 4.78 is 13.1. The van der Waals surface area contributed by atoms with Crippen molar-refractivity contribution in [1.29, 1.82) is 0 Å². The zero-order chi connectivity index (χ0) is 11.5. The molecule has 1 aromatic rings. The quantitative estimate of drug-likeness (QED) is 0.864. The molecule has 0 aliphatic carbocycles. The minimum absolute atomic E-state index is 0.130. The van der Waals surface area contributed by atoms with Crippen LogP contribution >= 0.6 is 11.8 Å². The summed E-state index contributed by atoms with van der Waals surface area (Å²) in [5.41, 5.74) is 1.26. The number of nitrogens with one attached hydrogen (secondary N) is 1. The van der Waals surface area contributed by atoms with Gasteiger partial charge in [0.1, 0.15) is 5.82 Å². The van der Waals surface area contributed by atoms with Crippen LogP contribution in [-0.2, 0) is 0 Å². The van der Waals surface area contributed by atoms with Crippen LogP contribution in [-0.4, -0.2) is 12.3 Å². The van der Waals surface area contributed by atoms with Crippen molar-refractivity contribution in [2.24, 2.45) is 5.92 Å². The Morgan fingerprint density at radius 1 is 1.50 bits per heavy atom. The second-order valence-corrected chi connectivity index (χ2v) is 5.46. The maximum absolute atomic E-state index is 13.1. The van der Waals surface area contributed by atoms with E-state index in [9.17, 15) is 4.39 Å². The van der Waals surface area contributed by atoms with Crippen molar-refractivity contribution in [3.05, 3.63) is 29.6 Å². The van der Waals surface area contributed by atoms with E-state index in [-0.39, 0.29) is 5.82 Å². The molecular weight excluding hydrogens is 221 g/mol. The van der Waals surface area contributed by atoms with E-state index in [4.69, 9.17) is 0 Å². The van der Waals surface area contributed by atoms with Crippen molar-refractivity contribution in [2.45, 2.75) is 31.2 Å². The summed E-state index contributed by atoms with van der Waals surface area (Å²) >= 11 is 1.77. The highest BCUT2D eigenvalue weighted by atomic mass is 32.2. The Labute approximate surface area is 101 Å².